The predicted octanol–water partition coefficient (Wildman–Crippen LogP) is 4.40. The lowest BCUT2D eigenvalue weighted by molar-refractivity contribution is -0.139. The van der Waals surface area contributed by atoms with Crippen LogP contribution in [0.1, 0.15) is 5.56 Å². The van der Waals surface area contributed by atoms with Crippen LogP contribution in [0.4, 0.5) is 22.0 Å². The van der Waals surface area contributed by atoms with Crippen molar-refractivity contribution in [1.82, 2.24) is 0 Å². The summed E-state index contributed by atoms with van der Waals surface area (Å²) in [7, 11) is -5.02. The third-order valence-corrected chi connectivity index (χ3v) is 4.14. The molecule has 0 spiro atoms. The maximum absolute atomic E-state index is 13.4. The van der Waals surface area contributed by atoms with E-state index in [9.17, 15) is 30.4 Å². The van der Waals surface area contributed by atoms with E-state index in [1.54, 1.807) is 0 Å². The fourth-order valence-electron chi connectivity index (χ4n) is 1.65. The van der Waals surface area contributed by atoms with Crippen LogP contribution in [-0.4, -0.2) is 8.42 Å². The Hall–Kier alpha value is -1.87. The Balaban J connectivity index is 2.52. The average molecular weight is 373 g/mol. The van der Waals surface area contributed by atoms with E-state index in [4.69, 9.17) is 11.6 Å². The highest BCUT2D eigenvalue weighted by molar-refractivity contribution is 7.87. The number of hydrogen-bond donors (Lipinski definition) is 0. The van der Waals surface area contributed by atoms with E-state index < -0.39 is 44.1 Å². The topological polar surface area (TPSA) is 43.4 Å². The van der Waals surface area contributed by atoms with Gasteiger partial charge in [0.15, 0.2) is 11.6 Å². The largest absolute Gasteiger partial charge is 0.417 e. The van der Waals surface area contributed by atoms with Crippen molar-refractivity contribution in [2.75, 3.05) is 0 Å². The first-order valence-corrected chi connectivity index (χ1v) is 7.55. The Morgan fingerprint density at radius 2 is 1.65 bits per heavy atom. The van der Waals surface area contributed by atoms with Gasteiger partial charge >= 0.3 is 16.3 Å². The Morgan fingerprint density at radius 1 is 1.00 bits per heavy atom. The minimum atomic E-state index is -5.03. The highest BCUT2D eigenvalue weighted by atomic mass is 35.5. The minimum absolute atomic E-state index is 0.331. The maximum Gasteiger partial charge on any atom is 0.417 e. The van der Waals surface area contributed by atoms with Crippen molar-refractivity contribution < 1.29 is 34.6 Å². The SMILES string of the molecule is O=S(=O)(Oc1ccc(F)cc1F)c1ccc(Cl)cc1C(F)(F)F. The van der Waals surface area contributed by atoms with Gasteiger partial charge in [0, 0.05) is 11.1 Å². The molecule has 0 aliphatic heterocycles. The van der Waals surface area contributed by atoms with Crippen LogP contribution in [0.3, 0.4) is 0 Å². The monoisotopic (exact) mass is 372 g/mol. The van der Waals surface area contributed by atoms with Gasteiger partial charge < -0.3 is 4.18 Å². The Bertz CT molecular complexity index is 849. The van der Waals surface area contributed by atoms with Crippen LogP contribution in [0, 0.1) is 11.6 Å². The molecule has 3 nitrogen and oxygen atoms in total. The quantitative estimate of drug-likeness (QED) is 0.592. The molecule has 23 heavy (non-hydrogen) atoms. The molecule has 0 aliphatic rings. The molecule has 0 fully saturated rings. The molecule has 2 aromatic rings. The van der Waals surface area contributed by atoms with Crippen LogP contribution in [0.2, 0.25) is 5.02 Å². The van der Waals surface area contributed by atoms with Gasteiger partial charge in [-0.2, -0.15) is 21.6 Å². The lowest BCUT2D eigenvalue weighted by Crippen LogP contribution is -2.17. The van der Waals surface area contributed by atoms with E-state index in [2.05, 4.69) is 4.18 Å². The molecule has 0 heterocycles. The summed E-state index contributed by atoms with van der Waals surface area (Å²) in [5.74, 6) is -3.32. The van der Waals surface area contributed by atoms with Gasteiger partial charge in [0.2, 0.25) is 0 Å². The molecule has 2 rings (SSSR count). The van der Waals surface area contributed by atoms with Crippen molar-refractivity contribution in [3.05, 3.63) is 58.6 Å². The molecule has 0 N–H and O–H groups in total. The average Bonchev–Trinajstić information content (AvgIpc) is 2.40. The molecule has 0 saturated carbocycles. The van der Waals surface area contributed by atoms with E-state index in [-0.39, 0.29) is 5.02 Å². The second-order valence-electron chi connectivity index (χ2n) is 4.25. The van der Waals surface area contributed by atoms with Gasteiger partial charge in [0.1, 0.15) is 10.7 Å². The molecule has 0 amide bonds. The van der Waals surface area contributed by atoms with Crippen LogP contribution in [0.25, 0.3) is 0 Å². The zero-order valence-corrected chi connectivity index (χ0v) is 12.4. The maximum atomic E-state index is 13.4. The third kappa shape index (κ3) is 3.91. The molecule has 0 aromatic heterocycles. The van der Waals surface area contributed by atoms with Crippen molar-refractivity contribution in [3.63, 3.8) is 0 Å². The van der Waals surface area contributed by atoms with Crippen LogP contribution < -0.4 is 4.18 Å². The van der Waals surface area contributed by atoms with Crippen LogP contribution in [0.15, 0.2) is 41.3 Å². The number of alkyl halides is 3. The summed E-state index contributed by atoms with van der Waals surface area (Å²) in [5.41, 5.74) is -1.56. The smallest absolute Gasteiger partial charge is 0.376 e. The number of hydrogen-bond acceptors (Lipinski definition) is 3. The first-order chi connectivity index (χ1) is 10.5. The van der Waals surface area contributed by atoms with Crippen LogP contribution in [0.5, 0.6) is 5.75 Å². The summed E-state index contributed by atoms with van der Waals surface area (Å²) in [5, 5.41) is -0.343. The number of benzene rings is 2. The third-order valence-electron chi connectivity index (χ3n) is 2.61. The molecule has 2 aromatic carbocycles. The predicted molar refractivity (Wildman–Crippen MR) is 70.6 cm³/mol. The Kier molecular flexibility index (Phi) is 4.54. The molecule has 0 unspecified atom stereocenters. The van der Waals surface area contributed by atoms with Gasteiger partial charge in [-0.1, -0.05) is 11.6 Å². The van der Waals surface area contributed by atoms with Crippen LogP contribution in [-0.2, 0) is 16.3 Å². The molecule has 0 radical (unpaired) electrons. The van der Waals surface area contributed by atoms with E-state index in [0.29, 0.717) is 30.3 Å². The Morgan fingerprint density at radius 3 is 2.22 bits per heavy atom. The van der Waals surface area contributed by atoms with Gasteiger partial charge in [0.25, 0.3) is 0 Å². The van der Waals surface area contributed by atoms with E-state index in [0.717, 1.165) is 6.07 Å². The van der Waals surface area contributed by atoms with Crippen molar-refractivity contribution in [2.45, 2.75) is 11.1 Å². The second kappa shape index (κ2) is 5.97. The number of rotatable bonds is 3. The molecule has 0 saturated heterocycles. The van der Waals surface area contributed by atoms with E-state index in [1.807, 2.05) is 0 Å². The fourth-order valence-corrected chi connectivity index (χ4v) is 2.96. The van der Waals surface area contributed by atoms with Gasteiger partial charge in [-0.15, -0.1) is 0 Å². The summed E-state index contributed by atoms with van der Waals surface area (Å²) in [6.45, 7) is 0. The van der Waals surface area contributed by atoms with Crippen molar-refractivity contribution in [1.29, 1.82) is 0 Å². The zero-order valence-electron chi connectivity index (χ0n) is 10.9. The first-order valence-electron chi connectivity index (χ1n) is 5.77. The van der Waals surface area contributed by atoms with Crippen molar-refractivity contribution in [3.8, 4) is 5.75 Å². The highest BCUT2D eigenvalue weighted by Crippen LogP contribution is 2.37. The van der Waals surface area contributed by atoms with Crippen LogP contribution >= 0.6 is 11.6 Å². The zero-order chi connectivity index (χ0) is 17.4. The van der Waals surface area contributed by atoms with Crippen molar-refractivity contribution >= 4 is 21.7 Å². The standard InChI is InChI=1S/C13H6ClF5O3S/c14-7-1-4-12(9(5-7)13(17,18)19)23(20,21)22-11-3-2-8(15)6-10(11)16/h1-6H. The summed E-state index contributed by atoms with van der Waals surface area (Å²) >= 11 is 5.44. The minimum Gasteiger partial charge on any atom is -0.376 e. The van der Waals surface area contributed by atoms with Gasteiger partial charge in [-0.25, -0.2) is 8.78 Å². The second-order valence-corrected chi connectivity index (χ2v) is 6.20. The highest BCUT2D eigenvalue weighted by Gasteiger charge is 2.38. The summed E-state index contributed by atoms with van der Waals surface area (Å²) in [6.07, 6.45) is -5.03. The Labute approximate surface area is 132 Å². The van der Waals surface area contributed by atoms with Gasteiger partial charge in [-0.3, -0.25) is 0 Å². The lowest BCUT2D eigenvalue weighted by Gasteiger charge is -2.14. The summed E-state index contributed by atoms with van der Waals surface area (Å²) in [6, 6.07) is 3.57. The first kappa shape index (κ1) is 17.5. The molecule has 0 bridgehead atoms. The van der Waals surface area contributed by atoms with E-state index in [1.165, 1.54) is 0 Å². The molecule has 124 valence electrons. The molecule has 0 atom stereocenters. The van der Waals surface area contributed by atoms with E-state index >= 15 is 0 Å². The van der Waals surface area contributed by atoms with Gasteiger partial charge in [0.05, 0.1) is 5.56 Å². The summed E-state index contributed by atoms with van der Waals surface area (Å²) in [4.78, 5) is -1.24. The summed E-state index contributed by atoms with van der Waals surface area (Å²) < 4.78 is 93.3. The van der Waals surface area contributed by atoms with Crippen molar-refractivity contribution in [2.24, 2.45) is 0 Å². The molecular formula is C13H6ClF5O3S. The fraction of sp³-hybridized carbons (Fsp3) is 0.0769. The molecular weight excluding hydrogens is 367 g/mol. The molecule has 0 aliphatic carbocycles. The lowest BCUT2D eigenvalue weighted by atomic mass is 10.2. The number of halogens is 6. The normalized spacial score (nSPS) is 12.3. The van der Waals surface area contributed by atoms with Gasteiger partial charge in [-0.05, 0) is 30.3 Å². The molecule has 10 heteroatoms.